The van der Waals surface area contributed by atoms with Crippen LogP contribution < -0.4 is 0 Å². The third-order valence-electron chi connectivity index (χ3n) is 3.37. The van der Waals surface area contributed by atoms with Gasteiger partial charge in [0.2, 0.25) is 0 Å². The van der Waals surface area contributed by atoms with Crippen molar-refractivity contribution < 1.29 is 19.8 Å². The molecule has 1 atom stereocenters. The summed E-state index contributed by atoms with van der Waals surface area (Å²) in [5, 5.41) is 18.2. The van der Waals surface area contributed by atoms with Crippen molar-refractivity contribution in [2.24, 2.45) is 0 Å². The fourth-order valence-corrected chi connectivity index (χ4v) is 1.98. The van der Waals surface area contributed by atoms with Crippen LogP contribution in [0.2, 0.25) is 0 Å². The zero-order valence-electron chi connectivity index (χ0n) is 13.7. The Labute approximate surface area is 133 Å². The fourth-order valence-electron chi connectivity index (χ4n) is 1.98. The van der Waals surface area contributed by atoms with Gasteiger partial charge >= 0.3 is 5.97 Å². The molecule has 0 rings (SSSR count). The lowest BCUT2D eigenvalue weighted by molar-refractivity contribution is -0.137. The van der Waals surface area contributed by atoms with Gasteiger partial charge < -0.3 is 10.2 Å². The Morgan fingerprint density at radius 2 is 1.59 bits per heavy atom. The van der Waals surface area contributed by atoms with Gasteiger partial charge in [-0.1, -0.05) is 44.1 Å². The van der Waals surface area contributed by atoms with Gasteiger partial charge in [-0.2, -0.15) is 0 Å². The highest BCUT2D eigenvalue weighted by molar-refractivity contribution is 5.84. The maximum atomic E-state index is 11.7. The van der Waals surface area contributed by atoms with Crippen LogP contribution in [-0.2, 0) is 9.59 Å². The standard InChI is InChI=1S/C18H30O4/c1-2-3-4-5-7-10-13-16(19)17(20)14-11-8-6-9-12-15-18(21)22/h7-8,10-11,17,20H,2-6,9,12-15H2,1H3,(H,21,22)/b10-7?,11-8-. The van der Waals surface area contributed by atoms with Gasteiger partial charge in [-0.05, 0) is 38.5 Å². The van der Waals surface area contributed by atoms with Gasteiger partial charge in [-0.25, -0.2) is 0 Å². The number of ketones is 1. The van der Waals surface area contributed by atoms with Gasteiger partial charge in [0, 0.05) is 12.8 Å². The van der Waals surface area contributed by atoms with Gasteiger partial charge in [-0.15, -0.1) is 0 Å². The number of carbonyl (C=O) groups is 2. The van der Waals surface area contributed by atoms with Crippen molar-refractivity contribution in [1.82, 2.24) is 0 Å². The summed E-state index contributed by atoms with van der Waals surface area (Å²) in [7, 11) is 0. The van der Waals surface area contributed by atoms with Crippen LogP contribution in [0.1, 0.15) is 71.1 Å². The highest BCUT2D eigenvalue weighted by Gasteiger charge is 2.10. The van der Waals surface area contributed by atoms with Crippen LogP contribution in [0.25, 0.3) is 0 Å². The molecule has 0 aliphatic heterocycles. The van der Waals surface area contributed by atoms with Crippen LogP contribution in [0.5, 0.6) is 0 Å². The topological polar surface area (TPSA) is 74.6 Å². The molecule has 0 radical (unpaired) electrons. The van der Waals surface area contributed by atoms with Crippen molar-refractivity contribution in [3.05, 3.63) is 24.3 Å². The van der Waals surface area contributed by atoms with Gasteiger partial charge in [0.25, 0.3) is 0 Å². The lowest BCUT2D eigenvalue weighted by atomic mass is 10.1. The molecule has 126 valence electrons. The highest BCUT2D eigenvalue weighted by Crippen LogP contribution is 2.05. The number of hydrogen-bond acceptors (Lipinski definition) is 3. The van der Waals surface area contributed by atoms with Crippen LogP contribution >= 0.6 is 0 Å². The summed E-state index contributed by atoms with van der Waals surface area (Å²) in [5.74, 6) is -0.921. The third kappa shape index (κ3) is 13.6. The van der Waals surface area contributed by atoms with Crippen LogP contribution in [0.3, 0.4) is 0 Å². The second-order valence-corrected chi connectivity index (χ2v) is 5.50. The second-order valence-electron chi connectivity index (χ2n) is 5.50. The molecule has 0 spiro atoms. The molecule has 0 aliphatic carbocycles. The lowest BCUT2D eigenvalue weighted by Gasteiger charge is -2.04. The van der Waals surface area contributed by atoms with E-state index in [-0.39, 0.29) is 12.2 Å². The number of hydrogen-bond donors (Lipinski definition) is 2. The molecule has 4 heteroatoms. The number of allylic oxidation sites excluding steroid dienone is 3. The van der Waals surface area contributed by atoms with Crippen molar-refractivity contribution >= 4 is 11.8 Å². The molecule has 0 fully saturated rings. The first-order chi connectivity index (χ1) is 10.6. The molecule has 2 N–H and O–H groups in total. The molecule has 0 aromatic rings. The van der Waals surface area contributed by atoms with Crippen molar-refractivity contribution in [1.29, 1.82) is 0 Å². The number of carboxylic acid groups (broad SMARTS) is 1. The SMILES string of the molecule is CCCCCC=CCC(=O)C(O)C/C=C\CCCCC(=O)O. The normalized spacial score (nSPS) is 13.0. The summed E-state index contributed by atoms with van der Waals surface area (Å²) in [5.41, 5.74) is 0. The summed E-state index contributed by atoms with van der Waals surface area (Å²) in [4.78, 5) is 22.0. The molecular formula is C18H30O4. The van der Waals surface area contributed by atoms with Gasteiger partial charge in [-0.3, -0.25) is 9.59 Å². The Morgan fingerprint density at radius 3 is 2.23 bits per heavy atom. The molecule has 0 saturated carbocycles. The molecule has 0 heterocycles. The van der Waals surface area contributed by atoms with E-state index in [2.05, 4.69) is 6.92 Å². The van der Waals surface area contributed by atoms with Crippen LogP contribution in [-0.4, -0.2) is 28.1 Å². The molecule has 0 aliphatic rings. The van der Waals surface area contributed by atoms with E-state index in [9.17, 15) is 14.7 Å². The Bertz CT molecular complexity index is 358. The molecule has 0 amide bonds. The number of Topliss-reactive ketones (excluding diaryl/α,β-unsaturated/α-hetero) is 1. The Kier molecular flexibility index (Phi) is 13.6. The highest BCUT2D eigenvalue weighted by atomic mass is 16.4. The summed E-state index contributed by atoms with van der Waals surface area (Å²) in [6.07, 6.45) is 14.2. The third-order valence-corrected chi connectivity index (χ3v) is 3.37. The lowest BCUT2D eigenvalue weighted by Crippen LogP contribution is -2.18. The van der Waals surface area contributed by atoms with Crippen LogP contribution in [0.4, 0.5) is 0 Å². The monoisotopic (exact) mass is 310 g/mol. The zero-order valence-corrected chi connectivity index (χ0v) is 13.7. The summed E-state index contributed by atoms with van der Waals surface area (Å²) in [6.45, 7) is 2.16. The number of unbranched alkanes of at least 4 members (excludes halogenated alkanes) is 5. The first-order valence-corrected chi connectivity index (χ1v) is 8.30. The molecule has 0 aromatic heterocycles. The largest absolute Gasteiger partial charge is 0.481 e. The maximum absolute atomic E-state index is 11.7. The molecule has 1 unspecified atom stereocenters. The fraction of sp³-hybridized carbons (Fsp3) is 0.667. The van der Waals surface area contributed by atoms with E-state index in [1.54, 1.807) is 6.08 Å². The summed E-state index contributed by atoms with van der Waals surface area (Å²) < 4.78 is 0. The number of aliphatic hydroxyl groups is 1. The van der Waals surface area contributed by atoms with E-state index in [1.807, 2.05) is 18.2 Å². The minimum absolute atomic E-state index is 0.151. The van der Waals surface area contributed by atoms with Crippen molar-refractivity contribution in [2.45, 2.75) is 77.2 Å². The Morgan fingerprint density at radius 1 is 0.955 bits per heavy atom. The van der Waals surface area contributed by atoms with E-state index < -0.39 is 12.1 Å². The molecule has 4 nitrogen and oxygen atoms in total. The van der Waals surface area contributed by atoms with Gasteiger partial charge in [0.1, 0.15) is 6.10 Å². The summed E-state index contributed by atoms with van der Waals surface area (Å²) >= 11 is 0. The van der Waals surface area contributed by atoms with E-state index in [0.717, 1.165) is 25.7 Å². The van der Waals surface area contributed by atoms with E-state index in [0.29, 0.717) is 19.3 Å². The minimum Gasteiger partial charge on any atom is -0.481 e. The van der Waals surface area contributed by atoms with Crippen LogP contribution in [0, 0.1) is 0 Å². The Balaban J connectivity index is 3.66. The molecular weight excluding hydrogens is 280 g/mol. The molecule has 0 aromatic carbocycles. The van der Waals surface area contributed by atoms with Gasteiger partial charge in [0.05, 0.1) is 0 Å². The predicted molar refractivity (Wildman–Crippen MR) is 88.8 cm³/mol. The average molecular weight is 310 g/mol. The first-order valence-electron chi connectivity index (χ1n) is 8.30. The number of aliphatic hydroxyl groups excluding tert-OH is 1. The number of aliphatic carboxylic acids is 1. The maximum Gasteiger partial charge on any atom is 0.303 e. The predicted octanol–water partition coefficient (Wildman–Crippen LogP) is 4.03. The average Bonchev–Trinajstić information content (AvgIpc) is 2.49. The summed E-state index contributed by atoms with van der Waals surface area (Å²) in [6, 6.07) is 0. The number of rotatable bonds is 14. The molecule has 22 heavy (non-hydrogen) atoms. The van der Waals surface area contributed by atoms with E-state index in [4.69, 9.17) is 5.11 Å². The van der Waals surface area contributed by atoms with E-state index in [1.165, 1.54) is 12.8 Å². The minimum atomic E-state index is -0.935. The van der Waals surface area contributed by atoms with Crippen molar-refractivity contribution in [2.75, 3.05) is 0 Å². The van der Waals surface area contributed by atoms with Crippen molar-refractivity contribution in [3.63, 3.8) is 0 Å². The van der Waals surface area contributed by atoms with Crippen LogP contribution in [0.15, 0.2) is 24.3 Å². The zero-order chi connectivity index (χ0) is 16.6. The second kappa shape index (κ2) is 14.5. The molecule has 0 saturated heterocycles. The first kappa shape index (κ1) is 20.6. The smallest absolute Gasteiger partial charge is 0.303 e. The number of carbonyl (C=O) groups excluding carboxylic acids is 1. The van der Waals surface area contributed by atoms with Gasteiger partial charge in [0.15, 0.2) is 5.78 Å². The quantitative estimate of drug-likeness (QED) is 0.375. The van der Waals surface area contributed by atoms with E-state index >= 15 is 0 Å². The Hall–Kier alpha value is -1.42. The number of carboxylic acids is 1. The molecule has 0 bridgehead atoms. The van der Waals surface area contributed by atoms with Crippen molar-refractivity contribution in [3.8, 4) is 0 Å².